The van der Waals surface area contributed by atoms with Gasteiger partial charge in [-0.2, -0.15) is 0 Å². The van der Waals surface area contributed by atoms with Crippen LogP contribution in [0.15, 0.2) is 4.99 Å². The minimum Gasteiger partial charge on any atom is -0.354 e. The SMILES string of the molecule is CN(C)C(=O)CN=C(NC1CCCCC1)NC1CCC(=O)N(C)C1.I. The van der Waals surface area contributed by atoms with Crippen LogP contribution in [0.4, 0.5) is 0 Å². The molecule has 1 saturated heterocycles. The third-order valence-electron chi connectivity index (χ3n) is 4.78. The standard InChI is InChI=1S/C17H31N5O2.HI/c1-21(2)16(24)11-18-17(19-13-7-5-4-6-8-13)20-14-9-10-15(23)22(3)12-14;/h13-14H,4-12H2,1-3H3,(H2,18,19,20);1H. The van der Waals surface area contributed by atoms with Gasteiger partial charge in [-0.05, 0) is 19.3 Å². The summed E-state index contributed by atoms with van der Waals surface area (Å²) >= 11 is 0. The molecule has 7 nitrogen and oxygen atoms in total. The average Bonchev–Trinajstić information content (AvgIpc) is 2.56. The first kappa shape index (κ1) is 22.0. The van der Waals surface area contributed by atoms with Crippen LogP contribution < -0.4 is 10.6 Å². The van der Waals surface area contributed by atoms with Crippen molar-refractivity contribution in [3.63, 3.8) is 0 Å². The van der Waals surface area contributed by atoms with E-state index in [0.29, 0.717) is 25.0 Å². The van der Waals surface area contributed by atoms with Crippen molar-refractivity contribution in [1.29, 1.82) is 0 Å². The highest BCUT2D eigenvalue weighted by Crippen LogP contribution is 2.17. The molecule has 2 amide bonds. The highest BCUT2D eigenvalue weighted by Gasteiger charge is 2.24. The van der Waals surface area contributed by atoms with Crippen LogP contribution >= 0.6 is 24.0 Å². The number of carbonyl (C=O) groups excluding carboxylic acids is 2. The van der Waals surface area contributed by atoms with E-state index in [2.05, 4.69) is 15.6 Å². The summed E-state index contributed by atoms with van der Waals surface area (Å²) in [4.78, 5) is 31.3. The van der Waals surface area contributed by atoms with Gasteiger partial charge in [0.2, 0.25) is 11.8 Å². The van der Waals surface area contributed by atoms with E-state index < -0.39 is 0 Å². The first-order valence-corrected chi connectivity index (χ1v) is 8.97. The van der Waals surface area contributed by atoms with Crippen molar-refractivity contribution < 1.29 is 9.59 Å². The molecule has 0 spiro atoms. The van der Waals surface area contributed by atoms with Gasteiger partial charge in [-0.25, -0.2) is 4.99 Å². The van der Waals surface area contributed by atoms with E-state index in [1.54, 1.807) is 23.9 Å². The molecule has 1 atom stereocenters. The normalized spacial score (nSPS) is 22.2. The van der Waals surface area contributed by atoms with Crippen LogP contribution in [0, 0.1) is 0 Å². The maximum absolute atomic E-state index is 11.8. The van der Waals surface area contributed by atoms with Crippen molar-refractivity contribution in [2.75, 3.05) is 34.2 Å². The second-order valence-corrected chi connectivity index (χ2v) is 7.09. The summed E-state index contributed by atoms with van der Waals surface area (Å²) in [5.74, 6) is 0.870. The number of guanidine groups is 1. The molecule has 2 aliphatic rings. The van der Waals surface area contributed by atoms with Gasteiger partial charge in [0.25, 0.3) is 0 Å². The molecule has 144 valence electrons. The van der Waals surface area contributed by atoms with Crippen LogP contribution in [0.25, 0.3) is 0 Å². The molecular formula is C17H32IN5O2. The smallest absolute Gasteiger partial charge is 0.243 e. The second kappa shape index (κ2) is 10.8. The number of hydrogen-bond donors (Lipinski definition) is 2. The molecule has 0 aromatic carbocycles. The van der Waals surface area contributed by atoms with Gasteiger partial charge in [0.1, 0.15) is 6.54 Å². The van der Waals surface area contributed by atoms with Crippen molar-refractivity contribution in [2.45, 2.75) is 57.0 Å². The van der Waals surface area contributed by atoms with Crippen molar-refractivity contribution in [3.05, 3.63) is 0 Å². The number of nitrogens with zero attached hydrogens (tertiary/aromatic N) is 3. The fourth-order valence-corrected chi connectivity index (χ4v) is 3.18. The molecular weight excluding hydrogens is 433 g/mol. The number of likely N-dealkylation sites (N-methyl/N-ethyl adjacent to an activating group) is 2. The lowest BCUT2D eigenvalue weighted by molar-refractivity contribution is -0.132. The second-order valence-electron chi connectivity index (χ2n) is 7.09. The molecule has 1 aliphatic heterocycles. The molecule has 2 fully saturated rings. The van der Waals surface area contributed by atoms with E-state index in [1.807, 2.05) is 7.05 Å². The van der Waals surface area contributed by atoms with Crippen molar-refractivity contribution in [2.24, 2.45) is 4.99 Å². The zero-order valence-corrected chi connectivity index (χ0v) is 17.9. The number of rotatable bonds is 4. The molecule has 1 unspecified atom stereocenters. The van der Waals surface area contributed by atoms with E-state index in [9.17, 15) is 9.59 Å². The first-order valence-electron chi connectivity index (χ1n) is 8.97. The van der Waals surface area contributed by atoms with Gasteiger partial charge in [-0.15, -0.1) is 24.0 Å². The van der Waals surface area contributed by atoms with E-state index in [0.717, 1.165) is 19.3 Å². The molecule has 0 aromatic rings. The number of likely N-dealkylation sites (tertiary alicyclic amines) is 1. The minimum atomic E-state index is -0.0179. The van der Waals surface area contributed by atoms with Gasteiger partial charge in [-0.1, -0.05) is 19.3 Å². The van der Waals surface area contributed by atoms with Crippen molar-refractivity contribution >= 4 is 41.8 Å². The molecule has 8 heteroatoms. The van der Waals surface area contributed by atoms with Crippen molar-refractivity contribution in [1.82, 2.24) is 20.4 Å². The summed E-state index contributed by atoms with van der Waals surface area (Å²) in [7, 11) is 5.31. The van der Waals surface area contributed by atoms with Crippen LogP contribution in [0.2, 0.25) is 0 Å². The predicted molar refractivity (Wildman–Crippen MR) is 110 cm³/mol. The maximum Gasteiger partial charge on any atom is 0.243 e. The van der Waals surface area contributed by atoms with E-state index in [4.69, 9.17) is 0 Å². The first-order chi connectivity index (χ1) is 11.5. The van der Waals surface area contributed by atoms with Crippen LogP contribution in [0.1, 0.15) is 44.9 Å². The van der Waals surface area contributed by atoms with Gasteiger partial charge in [0, 0.05) is 46.2 Å². The average molecular weight is 465 g/mol. The fraction of sp³-hybridized carbons (Fsp3) is 0.824. The number of amides is 2. The van der Waals surface area contributed by atoms with Crippen LogP contribution in [0.5, 0.6) is 0 Å². The Morgan fingerprint density at radius 3 is 2.40 bits per heavy atom. The number of hydrogen-bond acceptors (Lipinski definition) is 3. The predicted octanol–water partition coefficient (Wildman–Crippen LogP) is 1.18. The van der Waals surface area contributed by atoms with Gasteiger partial charge >= 0.3 is 0 Å². The summed E-state index contributed by atoms with van der Waals surface area (Å²) in [6.07, 6.45) is 7.42. The molecule has 1 saturated carbocycles. The van der Waals surface area contributed by atoms with Gasteiger partial charge in [-0.3, -0.25) is 9.59 Å². The number of nitrogens with one attached hydrogen (secondary N) is 2. The van der Waals surface area contributed by atoms with E-state index >= 15 is 0 Å². The molecule has 1 heterocycles. The third-order valence-corrected chi connectivity index (χ3v) is 4.78. The largest absolute Gasteiger partial charge is 0.354 e. The molecule has 0 bridgehead atoms. The van der Waals surface area contributed by atoms with Gasteiger partial charge in [0.15, 0.2) is 5.96 Å². The highest BCUT2D eigenvalue weighted by atomic mass is 127. The molecule has 0 aromatic heterocycles. The lowest BCUT2D eigenvalue weighted by Crippen LogP contribution is -2.53. The topological polar surface area (TPSA) is 77.0 Å². The Morgan fingerprint density at radius 2 is 1.80 bits per heavy atom. The van der Waals surface area contributed by atoms with Crippen LogP contribution in [-0.2, 0) is 9.59 Å². The summed E-state index contributed by atoms with van der Waals surface area (Å²) < 4.78 is 0. The Balaban J connectivity index is 0.00000312. The zero-order valence-electron chi connectivity index (χ0n) is 15.6. The van der Waals surface area contributed by atoms with Crippen molar-refractivity contribution in [3.8, 4) is 0 Å². The fourth-order valence-electron chi connectivity index (χ4n) is 3.18. The maximum atomic E-state index is 11.8. The molecule has 1 aliphatic carbocycles. The molecule has 0 radical (unpaired) electrons. The van der Waals surface area contributed by atoms with Gasteiger partial charge < -0.3 is 20.4 Å². The van der Waals surface area contributed by atoms with E-state index in [1.165, 1.54) is 19.3 Å². The summed E-state index contributed by atoms with van der Waals surface area (Å²) in [6, 6.07) is 0.597. The molecule has 2 N–H and O–H groups in total. The summed E-state index contributed by atoms with van der Waals surface area (Å²) in [5, 5.41) is 6.91. The van der Waals surface area contributed by atoms with Crippen LogP contribution in [0.3, 0.4) is 0 Å². The van der Waals surface area contributed by atoms with E-state index in [-0.39, 0.29) is 48.4 Å². The lowest BCUT2D eigenvalue weighted by atomic mass is 9.96. The Kier molecular flexibility index (Phi) is 9.52. The summed E-state index contributed by atoms with van der Waals surface area (Å²) in [6.45, 7) is 0.808. The molecule has 25 heavy (non-hydrogen) atoms. The highest BCUT2D eigenvalue weighted by molar-refractivity contribution is 14.0. The number of piperidine rings is 1. The Morgan fingerprint density at radius 1 is 1.16 bits per heavy atom. The Hall–Kier alpha value is -1.06. The zero-order chi connectivity index (χ0) is 17.5. The Labute approximate surface area is 168 Å². The number of aliphatic imine (C=N–C) groups is 1. The monoisotopic (exact) mass is 465 g/mol. The lowest BCUT2D eigenvalue weighted by Gasteiger charge is -2.32. The minimum absolute atomic E-state index is 0. The number of halogens is 1. The Bertz CT molecular complexity index is 478. The third kappa shape index (κ3) is 7.37. The quantitative estimate of drug-likeness (QED) is 0.372. The molecule has 2 rings (SSSR count). The van der Waals surface area contributed by atoms with Gasteiger partial charge in [0.05, 0.1) is 0 Å². The number of carbonyl (C=O) groups is 2. The van der Waals surface area contributed by atoms with Crippen LogP contribution in [-0.4, -0.2) is 73.9 Å². The summed E-state index contributed by atoms with van der Waals surface area (Å²) in [5.41, 5.74) is 0.